The molecule has 0 saturated carbocycles. The highest BCUT2D eigenvalue weighted by molar-refractivity contribution is 5.69. The van der Waals surface area contributed by atoms with E-state index in [9.17, 15) is 4.79 Å². The summed E-state index contributed by atoms with van der Waals surface area (Å²) in [6.45, 7) is 3.89. The highest BCUT2D eigenvalue weighted by Gasteiger charge is 2.01. The molecule has 1 heterocycles. The summed E-state index contributed by atoms with van der Waals surface area (Å²) in [6, 6.07) is 2.04. The van der Waals surface area contributed by atoms with Crippen LogP contribution in [-0.2, 0) is 22.6 Å². The molecule has 0 saturated heterocycles. The number of aromatic nitrogens is 1. The van der Waals surface area contributed by atoms with E-state index in [4.69, 9.17) is 10.5 Å². The predicted octanol–water partition coefficient (Wildman–Crippen LogP) is 2.07. The van der Waals surface area contributed by atoms with E-state index in [1.165, 1.54) is 0 Å². The standard InChI is InChI=1S/C13H22N2O2/c1-2-17-13(16)6-4-3-5-8-15-9-7-12(10-14)11-15/h7,9,11H,2-6,8,10,14H2,1H3. The van der Waals surface area contributed by atoms with Crippen molar-refractivity contribution in [3.8, 4) is 0 Å². The highest BCUT2D eigenvalue weighted by Crippen LogP contribution is 2.06. The van der Waals surface area contributed by atoms with Crippen molar-refractivity contribution in [1.29, 1.82) is 0 Å². The van der Waals surface area contributed by atoms with Crippen LogP contribution < -0.4 is 5.73 Å². The van der Waals surface area contributed by atoms with Crippen LogP contribution in [0.4, 0.5) is 0 Å². The first-order valence-corrected chi connectivity index (χ1v) is 6.26. The van der Waals surface area contributed by atoms with E-state index in [0.717, 1.165) is 31.4 Å². The van der Waals surface area contributed by atoms with Gasteiger partial charge in [-0.15, -0.1) is 0 Å². The Labute approximate surface area is 103 Å². The number of unbranched alkanes of at least 4 members (excludes halogenated alkanes) is 2. The lowest BCUT2D eigenvalue weighted by Gasteiger charge is -2.03. The van der Waals surface area contributed by atoms with Crippen LogP contribution in [0.2, 0.25) is 0 Å². The highest BCUT2D eigenvalue weighted by atomic mass is 16.5. The zero-order chi connectivity index (χ0) is 12.5. The van der Waals surface area contributed by atoms with Crippen LogP contribution in [0.15, 0.2) is 18.5 Å². The first-order valence-electron chi connectivity index (χ1n) is 6.26. The Morgan fingerprint density at radius 2 is 2.24 bits per heavy atom. The molecule has 0 radical (unpaired) electrons. The predicted molar refractivity (Wildman–Crippen MR) is 67.4 cm³/mol. The molecule has 17 heavy (non-hydrogen) atoms. The van der Waals surface area contributed by atoms with Gasteiger partial charge in [-0.25, -0.2) is 0 Å². The van der Waals surface area contributed by atoms with Gasteiger partial charge >= 0.3 is 5.97 Å². The molecule has 4 heteroatoms. The smallest absolute Gasteiger partial charge is 0.305 e. The van der Waals surface area contributed by atoms with Gasteiger partial charge in [-0.3, -0.25) is 4.79 Å². The minimum atomic E-state index is -0.0844. The summed E-state index contributed by atoms with van der Waals surface area (Å²) in [7, 11) is 0. The Morgan fingerprint density at radius 3 is 2.88 bits per heavy atom. The van der Waals surface area contributed by atoms with E-state index in [1.807, 2.05) is 19.2 Å². The number of nitrogens with zero attached hydrogens (tertiary/aromatic N) is 1. The molecule has 0 atom stereocenters. The van der Waals surface area contributed by atoms with Crippen LogP contribution in [0.1, 0.15) is 38.2 Å². The van der Waals surface area contributed by atoms with E-state index in [-0.39, 0.29) is 5.97 Å². The average Bonchev–Trinajstić information content (AvgIpc) is 2.77. The van der Waals surface area contributed by atoms with Gasteiger partial charge in [0.25, 0.3) is 0 Å². The maximum atomic E-state index is 11.1. The summed E-state index contributed by atoms with van der Waals surface area (Å²) >= 11 is 0. The SMILES string of the molecule is CCOC(=O)CCCCCn1ccc(CN)c1. The summed E-state index contributed by atoms with van der Waals surface area (Å²) in [5.41, 5.74) is 6.70. The second-order valence-corrected chi connectivity index (χ2v) is 4.08. The molecule has 0 amide bonds. The second kappa shape index (κ2) is 7.90. The molecule has 1 aromatic rings. The number of carbonyl (C=O) groups is 1. The molecule has 1 rings (SSSR count). The van der Waals surface area contributed by atoms with Crippen molar-refractivity contribution in [2.45, 2.75) is 45.7 Å². The number of hydrogen-bond donors (Lipinski definition) is 1. The minimum absolute atomic E-state index is 0.0844. The molecule has 0 aromatic carbocycles. The lowest BCUT2D eigenvalue weighted by Crippen LogP contribution is -2.03. The molecule has 4 nitrogen and oxygen atoms in total. The third-order valence-corrected chi connectivity index (χ3v) is 2.65. The summed E-state index contributed by atoms with van der Waals surface area (Å²) in [6.07, 6.45) is 7.70. The third kappa shape index (κ3) is 5.54. The van der Waals surface area contributed by atoms with E-state index >= 15 is 0 Å². The third-order valence-electron chi connectivity index (χ3n) is 2.65. The largest absolute Gasteiger partial charge is 0.466 e. The molecule has 96 valence electrons. The fourth-order valence-corrected chi connectivity index (χ4v) is 1.72. The van der Waals surface area contributed by atoms with Gasteiger partial charge in [-0.05, 0) is 31.4 Å². The maximum Gasteiger partial charge on any atom is 0.305 e. The van der Waals surface area contributed by atoms with Crippen molar-refractivity contribution in [2.24, 2.45) is 5.73 Å². The monoisotopic (exact) mass is 238 g/mol. The number of carbonyl (C=O) groups excluding carboxylic acids is 1. The van der Waals surface area contributed by atoms with E-state index in [1.54, 1.807) is 0 Å². The van der Waals surface area contributed by atoms with Gasteiger partial charge in [0.2, 0.25) is 0 Å². The number of hydrogen-bond acceptors (Lipinski definition) is 3. The number of nitrogens with two attached hydrogens (primary N) is 1. The Balaban J connectivity index is 2.06. The molecular weight excluding hydrogens is 216 g/mol. The average molecular weight is 238 g/mol. The van der Waals surface area contributed by atoms with Gasteiger partial charge in [-0.1, -0.05) is 6.42 Å². The van der Waals surface area contributed by atoms with Crippen LogP contribution in [-0.4, -0.2) is 17.1 Å². The quantitative estimate of drug-likeness (QED) is 0.557. The molecule has 0 aliphatic heterocycles. The van der Waals surface area contributed by atoms with Crippen LogP contribution >= 0.6 is 0 Å². The van der Waals surface area contributed by atoms with E-state index in [0.29, 0.717) is 19.6 Å². The lowest BCUT2D eigenvalue weighted by molar-refractivity contribution is -0.143. The second-order valence-electron chi connectivity index (χ2n) is 4.08. The summed E-state index contributed by atoms with van der Waals surface area (Å²) in [5, 5.41) is 0. The molecular formula is C13H22N2O2. The first kappa shape index (κ1) is 13.8. The van der Waals surface area contributed by atoms with Crippen molar-refractivity contribution in [1.82, 2.24) is 4.57 Å². The van der Waals surface area contributed by atoms with E-state index < -0.39 is 0 Å². The molecule has 0 aliphatic rings. The number of rotatable bonds is 8. The van der Waals surface area contributed by atoms with Gasteiger partial charge in [0.05, 0.1) is 6.61 Å². The number of esters is 1. The number of ether oxygens (including phenoxy) is 1. The minimum Gasteiger partial charge on any atom is -0.466 e. The van der Waals surface area contributed by atoms with Gasteiger partial charge in [0, 0.05) is 31.9 Å². The summed E-state index contributed by atoms with van der Waals surface area (Å²) in [4.78, 5) is 11.1. The van der Waals surface area contributed by atoms with Crippen LogP contribution in [0.5, 0.6) is 0 Å². The van der Waals surface area contributed by atoms with Crippen LogP contribution in [0.3, 0.4) is 0 Å². The molecule has 0 aliphatic carbocycles. The maximum absolute atomic E-state index is 11.1. The van der Waals surface area contributed by atoms with Crippen molar-refractivity contribution in [3.63, 3.8) is 0 Å². The Bertz CT molecular complexity index is 334. The normalized spacial score (nSPS) is 10.5. The Kier molecular flexibility index (Phi) is 6.40. The summed E-state index contributed by atoms with van der Waals surface area (Å²) < 4.78 is 7.01. The Hall–Kier alpha value is -1.29. The molecule has 1 aromatic heterocycles. The molecule has 2 N–H and O–H groups in total. The van der Waals surface area contributed by atoms with Crippen LogP contribution in [0.25, 0.3) is 0 Å². The Morgan fingerprint density at radius 1 is 1.41 bits per heavy atom. The molecule has 0 spiro atoms. The lowest BCUT2D eigenvalue weighted by atomic mass is 10.2. The fraction of sp³-hybridized carbons (Fsp3) is 0.615. The zero-order valence-electron chi connectivity index (χ0n) is 10.5. The molecule has 0 unspecified atom stereocenters. The van der Waals surface area contributed by atoms with Crippen molar-refractivity contribution >= 4 is 5.97 Å². The van der Waals surface area contributed by atoms with Gasteiger partial charge < -0.3 is 15.0 Å². The van der Waals surface area contributed by atoms with Crippen molar-refractivity contribution in [2.75, 3.05) is 6.61 Å². The first-order chi connectivity index (χ1) is 8.26. The van der Waals surface area contributed by atoms with Gasteiger partial charge in [0.1, 0.15) is 0 Å². The van der Waals surface area contributed by atoms with Gasteiger partial charge in [0.15, 0.2) is 0 Å². The van der Waals surface area contributed by atoms with Crippen molar-refractivity contribution < 1.29 is 9.53 Å². The van der Waals surface area contributed by atoms with Gasteiger partial charge in [-0.2, -0.15) is 0 Å². The molecule has 0 fully saturated rings. The van der Waals surface area contributed by atoms with Crippen molar-refractivity contribution in [3.05, 3.63) is 24.0 Å². The number of aryl methyl sites for hydroxylation is 1. The molecule has 0 bridgehead atoms. The topological polar surface area (TPSA) is 57.2 Å². The fourth-order valence-electron chi connectivity index (χ4n) is 1.72. The zero-order valence-corrected chi connectivity index (χ0v) is 10.5. The summed E-state index contributed by atoms with van der Waals surface area (Å²) in [5.74, 6) is -0.0844. The van der Waals surface area contributed by atoms with E-state index in [2.05, 4.69) is 10.8 Å². The van der Waals surface area contributed by atoms with Crippen LogP contribution in [0, 0.1) is 0 Å².